The summed E-state index contributed by atoms with van der Waals surface area (Å²) in [6.45, 7) is 1.87. The Morgan fingerprint density at radius 1 is 1.26 bits per heavy atom. The maximum absolute atomic E-state index is 12.4. The zero-order chi connectivity index (χ0) is 19.3. The normalized spacial score (nSPS) is 11.2. The molecule has 1 aromatic carbocycles. The van der Waals surface area contributed by atoms with E-state index in [0.717, 1.165) is 10.9 Å². The summed E-state index contributed by atoms with van der Waals surface area (Å²) in [5.74, 6) is 0.356. The highest BCUT2D eigenvalue weighted by atomic mass is 32.1. The predicted molar refractivity (Wildman–Crippen MR) is 101 cm³/mol. The highest BCUT2D eigenvalue weighted by Gasteiger charge is 2.21. The lowest BCUT2D eigenvalue weighted by Gasteiger charge is -2.08. The van der Waals surface area contributed by atoms with E-state index in [1.807, 2.05) is 6.92 Å². The van der Waals surface area contributed by atoms with E-state index in [1.165, 1.54) is 28.4 Å². The minimum absolute atomic E-state index is 0.00656. The molecule has 0 saturated heterocycles. The van der Waals surface area contributed by atoms with Gasteiger partial charge in [0, 0.05) is 31.8 Å². The van der Waals surface area contributed by atoms with Crippen molar-refractivity contribution in [1.82, 2.24) is 24.5 Å². The molecule has 9 nitrogen and oxygen atoms in total. The zero-order valence-electron chi connectivity index (χ0n) is 14.7. The first kappa shape index (κ1) is 17.0. The lowest BCUT2D eigenvalue weighted by molar-refractivity contribution is -0.384. The Balaban J connectivity index is 1.88. The molecule has 0 aliphatic heterocycles. The van der Waals surface area contributed by atoms with Crippen molar-refractivity contribution in [3.05, 3.63) is 51.1 Å². The number of carbonyl (C=O) groups excluding carboxylic acids is 1. The second kappa shape index (κ2) is 6.09. The minimum atomic E-state index is -0.452. The standard InChI is InChI=1S/C17H14N6O3S/c1-9-12-15-19-14(10-4-6-11(7-5-10)23(25)26)20-22(15)8-18-16(12)27-13(9)17(24)21(2)3/h4-8H,1-3H3. The Labute approximate surface area is 157 Å². The molecule has 0 unspecified atom stereocenters. The van der Waals surface area contributed by atoms with Crippen molar-refractivity contribution in [2.75, 3.05) is 14.1 Å². The lowest BCUT2D eigenvalue weighted by atomic mass is 10.2. The molecule has 3 aromatic heterocycles. The fraction of sp³-hybridized carbons (Fsp3) is 0.176. The monoisotopic (exact) mass is 382 g/mol. The van der Waals surface area contributed by atoms with Gasteiger partial charge < -0.3 is 4.90 Å². The highest BCUT2D eigenvalue weighted by molar-refractivity contribution is 7.20. The molecular weight excluding hydrogens is 368 g/mol. The van der Waals surface area contributed by atoms with Crippen molar-refractivity contribution in [1.29, 1.82) is 0 Å². The van der Waals surface area contributed by atoms with Crippen molar-refractivity contribution in [2.24, 2.45) is 0 Å². The van der Waals surface area contributed by atoms with Crippen molar-refractivity contribution < 1.29 is 9.72 Å². The number of nitrogens with zero attached hydrogens (tertiary/aromatic N) is 6. The molecule has 0 aliphatic rings. The van der Waals surface area contributed by atoms with Gasteiger partial charge in [0.15, 0.2) is 11.5 Å². The topological polar surface area (TPSA) is 107 Å². The summed E-state index contributed by atoms with van der Waals surface area (Å²) < 4.78 is 1.56. The Bertz CT molecular complexity index is 1210. The van der Waals surface area contributed by atoms with Crippen LogP contribution in [0.5, 0.6) is 0 Å². The third-order valence-corrected chi connectivity index (χ3v) is 5.39. The minimum Gasteiger partial charge on any atom is -0.344 e. The number of carbonyl (C=O) groups is 1. The first-order chi connectivity index (χ1) is 12.9. The van der Waals surface area contributed by atoms with Gasteiger partial charge in [0.2, 0.25) is 0 Å². The number of hydrogen-bond donors (Lipinski definition) is 0. The molecule has 0 N–H and O–H groups in total. The highest BCUT2D eigenvalue weighted by Crippen LogP contribution is 2.33. The fourth-order valence-electron chi connectivity index (χ4n) is 2.80. The van der Waals surface area contributed by atoms with Crippen LogP contribution in [0.3, 0.4) is 0 Å². The third kappa shape index (κ3) is 2.70. The molecule has 1 amide bonds. The molecule has 0 bridgehead atoms. The Hall–Kier alpha value is -3.40. The van der Waals surface area contributed by atoms with E-state index >= 15 is 0 Å². The fourth-order valence-corrected chi connectivity index (χ4v) is 3.96. The molecular formula is C17H14N6O3S. The van der Waals surface area contributed by atoms with E-state index in [1.54, 1.807) is 37.1 Å². The number of thiophene rings is 1. The summed E-state index contributed by atoms with van der Waals surface area (Å²) in [6, 6.07) is 6.05. The van der Waals surface area contributed by atoms with Crippen LogP contribution < -0.4 is 0 Å². The Morgan fingerprint density at radius 3 is 2.59 bits per heavy atom. The van der Waals surface area contributed by atoms with Gasteiger partial charge in [-0.3, -0.25) is 14.9 Å². The molecule has 3 heterocycles. The van der Waals surface area contributed by atoms with E-state index < -0.39 is 4.92 Å². The largest absolute Gasteiger partial charge is 0.344 e. The summed E-state index contributed by atoms with van der Waals surface area (Å²) >= 11 is 1.33. The quantitative estimate of drug-likeness (QED) is 0.398. The molecule has 0 radical (unpaired) electrons. The maximum Gasteiger partial charge on any atom is 0.269 e. The second-order valence-corrected chi connectivity index (χ2v) is 7.19. The number of nitro groups is 1. The molecule has 0 atom stereocenters. The van der Waals surface area contributed by atoms with Crippen LogP contribution in [-0.4, -0.2) is 49.4 Å². The molecule has 4 rings (SSSR count). The number of nitro benzene ring substituents is 1. The summed E-state index contributed by atoms with van der Waals surface area (Å²) in [5.41, 5.74) is 2.08. The number of non-ortho nitro benzene ring substituents is 1. The number of aromatic nitrogens is 4. The van der Waals surface area contributed by atoms with E-state index in [2.05, 4.69) is 15.1 Å². The van der Waals surface area contributed by atoms with Gasteiger partial charge in [0.25, 0.3) is 11.6 Å². The number of fused-ring (bicyclic) bond motifs is 3. The summed E-state index contributed by atoms with van der Waals surface area (Å²) in [7, 11) is 3.41. The van der Waals surface area contributed by atoms with E-state index in [4.69, 9.17) is 0 Å². The number of benzene rings is 1. The summed E-state index contributed by atoms with van der Waals surface area (Å²) in [4.78, 5) is 34.6. The van der Waals surface area contributed by atoms with Gasteiger partial charge in [0.05, 0.1) is 15.2 Å². The van der Waals surface area contributed by atoms with Gasteiger partial charge >= 0.3 is 0 Å². The lowest BCUT2D eigenvalue weighted by Crippen LogP contribution is -2.21. The average Bonchev–Trinajstić information content (AvgIpc) is 3.22. The summed E-state index contributed by atoms with van der Waals surface area (Å²) in [6.07, 6.45) is 1.55. The second-order valence-electron chi connectivity index (χ2n) is 6.19. The Morgan fingerprint density at radius 2 is 1.96 bits per heavy atom. The maximum atomic E-state index is 12.4. The van der Waals surface area contributed by atoms with E-state index in [0.29, 0.717) is 26.7 Å². The van der Waals surface area contributed by atoms with Crippen LogP contribution in [0, 0.1) is 17.0 Å². The number of hydrogen-bond acceptors (Lipinski definition) is 7. The molecule has 0 fully saturated rings. The van der Waals surface area contributed by atoms with Crippen LogP contribution in [0.2, 0.25) is 0 Å². The van der Waals surface area contributed by atoms with Crippen LogP contribution in [0.4, 0.5) is 5.69 Å². The van der Waals surface area contributed by atoms with Crippen LogP contribution >= 0.6 is 11.3 Å². The average molecular weight is 382 g/mol. The van der Waals surface area contributed by atoms with Gasteiger partial charge in [-0.05, 0) is 24.6 Å². The predicted octanol–water partition coefficient (Wildman–Crippen LogP) is 2.92. The first-order valence-electron chi connectivity index (χ1n) is 7.97. The third-order valence-electron chi connectivity index (χ3n) is 4.20. The van der Waals surface area contributed by atoms with E-state index in [9.17, 15) is 14.9 Å². The van der Waals surface area contributed by atoms with Gasteiger partial charge in [0.1, 0.15) is 11.2 Å². The van der Waals surface area contributed by atoms with Crippen LogP contribution in [0.15, 0.2) is 30.6 Å². The van der Waals surface area contributed by atoms with Crippen molar-refractivity contribution >= 4 is 38.8 Å². The number of aryl methyl sites for hydroxylation is 1. The molecule has 4 aromatic rings. The molecule has 0 aliphatic carbocycles. The van der Waals surface area contributed by atoms with Gasteiger partial charge in [-0.1, -0.05) is 0 Å². The molecule has 27 heavy (non-hydrogen) atoms. The van der Waals surface area contributed by atoms with Gasteiger partial charge in [-0.2, -0.15) is 0 Å². The van der Waals surface area contributed by atoms with Gasteiger partial charge in [-0.15, -0.1) is 16.4 Å². The molecule has 136 valence electrons. The van der Waals surface area contributed by atoms with Crippen LogP contribution in [-0.2, 0) is 0 Å². The summed E-state index contributed by atoms with van der Waals surface area (Å²) in [5, 5.41) is 16.0. The molecule has 10 heteroatoms. The zero-order valence-corrected chi connectivity index (χ0v) is 15.5. The van der Waals surface area contributed by atoms with Crippen molar-refractivity contribution in [3.8, 4) is 11.4 Å². The van der Waals surface area contributed by atoms with Crippen molar-refractivity contribution in [3.63, 3.8) is 0 Å². The smallest absolute Gasteiger partial charge is 0.269 e. The number of amides is 1. The van der Waals surface area contributed by atoms with E-state index in [-0.39, 0.29) is 11.6 Å². The first-order valence-corrected chi connectivity index (χ1v) is 8.79. The molecule has 0 spiro atoms. The van der Waals surface area contributed by atoms with Crippen molar-refractivity contribution in [2.45, 2.75) is 6.92 Å². The Kier molecular flexibility index (Phi) is 3.84. The molecule has 0 saturated carbocycles. The van der Waals surface area contributed by atoms with Crippen LogP contribution in [0.1, 0.15) is 15.2 Å². The van der Waals surface area contributed by atoms with Crippen LogP contribution in [0.25, 0.3) is 27.3 Å². The number of rotatable bonds is 3. The van der Waals surface area contributed by atoms with Gasteiger partial charge in [-0.25, -0.2) is 14.5 Å². The SMILES string of the molecule is Cc1c(C(=O)N(C)C)sc2ncn3nc(-c4ccc([N+](=O)[O-])cc4)nc3c12.